The predicted octanol–water partition coefficient (Wildman–Crippen LogP) is 3.13. The molecule has 2 N–H and O–H groups in total. The smallest absolute Gasteiger partial charge is 0.389 e. The zero-order valence-electron chi connectivity index (χ0n) is 19.8. The van der Waals surface area contributed by atoms with Gasteiger partial charge in [-0.1, -0.05) is 6.07 Å². The fraction of sp³-hybridized carbons (Fsp3) is 0.440. The van der Waals surface area contributed by atoms with Crippen LogP contribution in [0.5, 0.6) is 0 Å². The van der Waals surface area contributed by atoms with Crippen molar-refractivity contribution in [2.75, 3.05) is 37.6 Å². The molecule has 2 aliphatic rings. The van der Waals surface area contributed by atoms with E-state index >= 15 is 0 Å². The van der Waals surface area contributed by atoms with Crippen molar-refractivity contribution in [3.8, 4) is 0 Å². The molecule has 37 heavy (non-hydrogen) atoms. The number of alkyl halides is 4. The molecule has 2 saturated heterocycles. The summed E-state index contributed by atoms with van der Waals surface area (Å²) in [6.45, 7) is 1.89. The zero-order valence-corrected chi connectivity index (χ0v) is 19.8. The van der Waals surface area contributed by atoms with Crippen LogP contribution in [0.25, 0.3) is 10.9 Å². The van der Waals surface area contributed by atoms with E-state index in [2.05, 4.69) is 20.3 Å². The number of hydrogen-bond acceptors (Lipinski definition) is 7. The number of anilines is 1. The summed E-state index contributed by atoms with van der Waals surface area (Å²) in [6.07, 6.45) is -3.12. The second-order valence-electron chi connectivity index (χ2n) is 9.37. The van der Waals surface area contributed by atoms with Gasteiger partial charge in [0.25, 0.3) is 5.91 Å². The number of hydrogen-bond donors (Lipinski definition) is 2. The van der Waals surface area contributed by atoms with Gasteiger partial charge in [-0.3, -0.25) is 9.69 Å². The van der Waals surface area contributed by atoms with E-state index in [1.54, 1.807) is 24.3 Å². The maximum Gasteiger partial charge on any atom is 0.451 e. The van der Waals surface area contributed by atoms with E-state index in [9.17, 15) is 27.5 Å². The molecule has 0 aliphatic carbocycles. The van der Waals surface area contributed by atoms with Crippen LogP contribution in [0.4, 0.5) is 23.4 Å². The van der Waals surface area contributed by atoms with Gasteiger partial charge in [0.05, 0.1) is 17.7 Å². The standard InChI is InChI=1S/C25H26F4N6O2/c26-16-6-8-34(9-7-16)21(15-10-31-24(32-11-15)25(27,28)29)12-30-23(37)19-2-1-3-20-18(19)4-5-22(33-20)35-13-17(36)14-35/h1-5,10-11,16-17,21,36H,6-9,12-14H2,(H,30,37). The van der Waals surface area contributed by atoms with Crippen molar-refractivity contribution in [1.82, 2.24) is 25.2 Å². The molecule has 0 radical (unpaired) electrons. The molecule has 8 nitrogen and oxygen atoms in total. The SMILES string of the molecule is O=C(NCC(c1cnc(C(F)(F)F)nc1)N1CCC(F)CC1)c1cccc2nc(N3CC(O)C3)ccc12. The van der Waals surface area contributed by atoms with Crippen LogP contribution in [-0.2, 0) is 6.18 Å². The third kappa shape index (κ3) is 5.49. The molecule has 0 bridgehead atoms. The van der Waals surface area contributed by atoms with Gasteiger partial charge in [-0.05, 0) is 37.1 Å². The first-order chi connectivity index (χ1) is 17.7. The lowest BCUT2D eigenvalue weighted by Crippen LogP contribution is -2.51. The van der Waals surface area contributed by atoms with Crippen LogP contribution in [0.15, 0.2) is 42.7 Å². The average Bonchev–Trinajstić information content (AvgIpc) is 2.87. The summed E-state index contributed by atoms with van der Waals surface area (Å²) in [5.41, 5.74) is 1.45. The minimum absolute atomic E-state index is 0.0814. The number of pyridine rings is 1. The quantitative estimate of drug-likeness (QED) is 0.485. The van der Waals surface area contributed by atoms with Gasteiger partial charge in [0, 0.05) is 61.6 Å². The fourth-order valence-electron chi connectivity index (χ4n) is 4.74. The zero-order chi connectivity index (χ0) is 26.2. The number of halogens is 4. The number of aromatic nitrogens is 3. The molecule has 2 aliphatic heterocycles. The van der Waals surface area contributed by atoms with Crippen molar-refractivity contribution >= 4 is 22.6 Å². The number of aliphatic hydroxyl groups is 1. The number of likely N-dealkylation sites (tertiary alicyclic amines) is 1. The van der Waals surface area contributed by atoms with Crippen molar-refractivity contribution in [2.45, 2.75) is 37.3 Å². The molecule has 5 rings (SSSR count). The molecule has 0 spiro atoms. The highest BCUT2D eigenvalue weighted by atomic mass is 19.4. The minimum atomic E-state index is -4.66. The number of amides is 1. The minimum Gasteiger partial charge on any atom is -0.389 e. The Labute approximate surface area is 210 Å². The third-order valence-corrected chi connectivity index (χ3v) is 6.81. The van der Waals surface area contributed by atoms with Gasteiger partial charge in [-0.25, -0.2) is 19.3 Å². The highest BCUT2D eigenvalue weighted by Crippen LogP contribution is 2.29. The number of nitrogens with one attached hydrogen (secondary N) is 1. The van der Waals surface area contributed by atoms with Gasteiger partial charge < -0.3 is 15.3 Å². The Morgan fingerprint density at radius 2 is 1.81 bits per heavy atom. The number of fused-ring (bicyclic) bond motifs is 1. The van der Waals surface area contributed by atoms with E-state index in [-0.39, 0.29) is 18.6 Å². The van der Waals surface area contributed by atoms with Crippen LogP contribution in [0, 0.1) is 0 Å². The van der Waals surface area contributed by atoms with Gasteiger partial charge in [0.1, 0.15) is 12.0 Å². The van der Waals surface area contributed by atoms with Gasteiger partial charge in [0.2, 0.25) is 5.82 Å². The summed E-state index contributed by atoms with van der Waals surface area (Å²) >= 11 is 0. The molecule has 196 valence electrons. The maximum absolute atomic E-state index is 13.7. The normalized spacial score (nSPS) is 18.6. The molecule has 2 aromatic heterocycles. The van der Waals surface area contributed by atoms with Crippen molar-refractivity contribution in [3.63, 3.8) is 0 Å². The van der Waals surface area contributed by atoms with Gasteiger partial charge in [-0.15, -0.1) is 0 Å². The predicted molar refractivity (Wildman–Crippen MR) is 128 cm³/mol. The molecule has 1 atom stereocenters. The Morgan fingerprint density at radius 3 is 2.46 bits per heavy atom. The molecular formula is C25H26F4N6O2. The summed E-state index contributed by atoms with van der Waals surface area (Å²) in [7, 11) is 0. The highest BCUT2D eigenvalue weighted by Gasteiger charge is 2.35. The first-order valence-electron chi connectivity index (χ1n) is 12.1. The topological polar surface area (TPSA) is 94.5 Å². The van der Waals surface area contributed by atoms with E-state index in [1.165, 1.54) is 0 Å². The largest absolute Gasteiger partial charge is 0.451 e. The lowest BCUT2D eigenvalue weighted by Gasteiger charge is -2.36. The number of carbonyl (C=O) groups excluding carboxylic acids is 1. The molecule has 4 heterocycles. The van der Waals surface area contributed by atoms with Crippen LogP contribution in [0.1, 0.15) is 40.6 Å². The second kappa shape index (κ2) is 10.2. The van der Waals surface area contributed by atoms with Gasteiger partial charge >= 0.3 is 6.18 Å². The van der Waals surface area contributed by atoms with Crippen molar-refractivity contribution in [1.29, 1.82) is 0 Å². The second-order valence-corrected chi connectivity index (χ2v) is 9.37. The first kappa shape index (κ1) is 25.3. The number of aliphatic hydroxyl groups excluding tert-OH is 1. The van der Waals surface area contributed by atoms with Gasteiger partial charge in [-0.2, -0.15) is 13.2 Å². The lowest BCUT2D eigenvalue weighted by molar-refractivity contribution is -0.145. The van der Waals surface area contributed by atoms with E-state index in [0.717, 1.165) is 12.4 Å². The highest BCUT2D eigenvalue weighted by molar-refractivity contribution is 6.06. The van der Waals surface area contributed by atoms with E-state index in [0.29, 0.717) is 66.9 Å². The summed E-state index contributed by atoms with van der Waals surface area (Å²) in [5.74, 6) is -0.886. The Hall–Kier alpha value is -3.38. The van der Waals surface area contributed by atoms with Gasteiger partial charge in [0.15, 0.2) is 0 Å². The number of carbonyl (C=O) groups is 1. The summed E-state index contributed by atoms with van der Waals surface area (Å²) in [6, 6.07) is 8.30. The summed E-state index contributed by atoms with van der Waals surface area (Å²) in [5, 5.41) is 13.1. The Bertz CT molecular complexity index is 1260. The molecular weight excluding hydrogens is 492 g/mol. The van der Waals surface area contributed by atoms with E-state index in [4.69, 9.17) is 0 Å². The van der Waals surface area contributed by atoms with Crippen LogP contribution in [-0.4, -0.2) is 75.9 Å². The summed E-state index contributed by atoms with van der Waals surface area (Å²) < 4.78 is 52.6. The van der Waals surface area contributed by atoms with Crippen molar-refractivity contribution < 1.29 is 27.5 Å². The fourth-order valence-corrected chi connectivity index (χ4v) is 4.74. The number of piperidine rings is 1. The molecule has 2 fully saturated rings. The molecule has 1 unspecified atom stereocenters. The summed E-state index contributed by atoms with van der Waals surface area (Å²) in [4.78, 5) is 28.6. The molecule has 1 aromatic carbocycles. The molecule has 3 aromatic rings. The maximum atomic E-state index is 13.7. The van der Waals surface area contributed by atoms with E-state index < -0.39 is 24.2 Å². The number of β-amino-alcohol motifs (C(OH)–C–C–N with tert-alkyl or cyclic N) is 1. The van der Waals surface area contributed by atoms with Crippen LogP contribution in [0.3, 0.4) is 0 Å². The first-order valence-corrected chi connectivity index (χ1v) is 12.1. The Kier molecular flexibility index (Phi) is 6.95. The van der Waals surface area contributed by atoms with E-state index in [1.807, 2.05) is 15.9 Å². The van der Waals surface area contributed by atoms with Crippen LogP contribution < -0.4 is 10.2 Å². The molecule has 0 saturated carbocycles. The lowest BCUT2D eigenvalue weighted by atomic mass is 10.0. The van der Waals surface area contributed by atoms with Crippen LogP contribution >= 0.6 is 0 Å². The monoisotopic (exact) mass is 518 g/mol. The third-order valence-electron chi connectivity index (χ3n) is 6.81. The molecule has 12 heteroatoms. The van der Waals surface area contributed by atoms with Crippen molar-refractivity contribution in [2.24, 2.45) is 0 Å². The Morgan fingerprint density at radius 1 is 1.11 bits per heavy atom. The Balaban J connectivity index is 1.35. The average molecular weight is 519 g/mol. The number of benzene rings is 1. The molecule has 1 amide bonds. The van der Waals surface area contributed by atoms with Crippen molar-refractivity contribution in [3.05, 3.63) is 59.7 Å². The van der Waals surface area contributed by atoms with Crippen LogP contribution in [0.2, 0.25) is 0 Å². The number of rotatable bonds is 6. The number of nitrogens with zero attached hydrogens (tertiary/aromatic N) is 5.